The molecule has 2 aliphatic heterocycles. The molecule has 4 nitrogen and oxygen atoms in total. The Morgan fingerprint density at radius 3 is 1.12 bits per heavy atom. The van der Waals surface area contributed by atoms with E-state index in [9.17, 15) is 0 Å². The second-order valence-corrected chi connectivity index (χ2v) is 8.17. The number of fused-ring (bicyclic) bond motifs is 14. The van der Waals surface area contributed by atoms with Crippen molar-refractivity contribution in [2.75, 3.05) is 0 Å². The van der Waals surface area contributed by atoms with Gasteiger partial charge in [-0.2, -0.15) is 0 Å². The van der Waals surface area contributed by atoms with Crippen LogP contribution in [0.15, 0.2) is 97.1 Å². The van der Waals surface area contributed by atoms with Crippen LogP contribution in [-0.4, -0.2) is 19.9 Å². The van der Waals surface area contributed by atoms with Crippen LogP contribution in [0.25, 0.3) is 67.1 Å². The van der Waals surface area contributed by atoms with E-state index in [1.807, 2.05) is 0 Å². The molecule has 2 aromatic carbocycles. The summed E-state index contributed by atoms with van der Waals surface area (Å²) in [5.74, 6) is 0. The monoisotopic (exact) mass is 410 g/mol. The normalized spacial score (nSPS) is 11.8. The summed E-state index contributed by atoms with van der Waals surface area (Å²) in [6, 6.07) is 33.6. The lowest BCUT2D eigenvalue weighted by Crippen LogP contribution is -1.77. The molecule has 4 heteroatoms. The number of H-pyrrole nitrogens is 2. The van der Waals surface area contributed by atoms with Gasteiger partial charge < -0.3 is 9.97 Å². The van der Waals surface area contributed by atoms with Crippen molar-refractivity contribution in [2.24, 2.45) is 0 Å². The number of nitrogens with one attached hydrogen (secondary N) is 2. The molecule has 3 aromatic heterocycles. The summed E-state index contributed by atoms with van der Waals surface area (Å²) in [5.41, 5.74) is 12.5. The zero-order chi connectivity index (χ0) is 21.1. The maximum Gasteiger partial charge on any atom is 0.0738 e. The molecular formula is C28H18N4. The lowest BCUT2D eigenvalue weighted by Gasteiger charge is -1.99. The van der Waals surface area contributed by atoms with E-state index in [1.165, 1.54) is 0 Å². The van der Waals surface area contributed by atoms with E-state index in [2.05, 4.69) is 107 Å². The van der Waals surface area contributed by atoms with E-state index in [-0.39, 0.29) is 0 Å². The van der Waals surface area contributed by atoms with Crippen LogP contribution < -0.4 is 0 Å². The molecule has 32 heavy (non-hydrogen) atoms. The minimum atomic E-state index is 0.939. The first-order valence-corrected chi connectivity index (χ1v) is 10.7. The van der Waals surface area contributed by atoms with E-state index in [0.29, 0.717) is 0 Å². The van der Waals surface area contributed by atoms with E-state index < -0.39 is 0 Å². The Labute approximate surface area is 184 Å². The van der Waals surface area contributed by atoms with Gasteiger partial charge in [-0.25, -0.2) is 9.97 Å². The molecule has 0 spiro atoms. The Morgan fingerprint density at radius 1 is 0.375 bits per heavy atom. The number of benzene rings is 2. The van der Waals surface area contributed by atoms with Crippen LogP contribution in [0, 0.1) is 0 Å². The Balaban J connectivity index is 1.63. The van der Waals surface area contributed by atoms with Crippen LogP contribution in [0.2, 0.25) is 0 Å². The molecular weight excluding hydrogens is 392 g/mol. The maximum absolute atomic E-state index is 5.01. The van der Waals surface area contributed by atoms with Crippen molar-refractivity contribution in [1.29, 1.82) is 0 Å². The van der Waals surface area contributed by atoms with Crippen LogP contribution >= 0.6 is 0 Å². The van der Waals surface area contributed by atoms with Gasteiger partial charge in [-0.15, -0.1) is 0 Å². The highest BCUT2D eigenvalue weighted by molar-refractivity contribution is 5.90. The molecule has 150 valence electrons. The van der Waals surface area contributed by atoms with Crippen LogP contribution in [0.4, 0.5) is 0 Å². The molecule has 2 N–H and O–H groups in total. The Bertz CT molecular complexity index is 1560. The van der Waals surface area contributed by atoms with E-state index in [1.54, 1.807) is 0 Å². The van der Waals surface area contributed by atoms with Crippen molar-refractivity contribution in [3.63, 3.8) is 0 Å². The second-order valence-electron chi connectivity index (χ2n) is 8.17. The van der Waals surface area contributed by atoms with Gasteiger partial charge in [0.05, 0.1) is 22.8 Å². The van der Waals surface area contributed by atoms with Crippen LogP contribution in [0.1, 0.15) is 0 Å². The first kappa shape index (κ1) is 17.3. The fourth-order valence-electron chi connectivity index (χ4n) is 4.59. The molecule has 0 saturated carbocycles. The molecule has 5 aromatic rings. The van der Waals surface area contributed by atoms with Crippen LogP contribution in [0.5, 0.6) is 0 Å². The van der Waals surface area contributed by atoms with Crippen molar-refractivity contribution in [3.8, 4) is 45.0 Å². The predicted molar refractivity (Wildman–Crippen MR) is 130 cm³/mol. The predicted octanol–water partition coefficient (Wildman–Crippen LogP) is 6.98. The highest BCUT2D eigenvalue weighted by Gasteiger charge is 2.19. The minimum absolute atomic E-state index is 0.939. The molecule has 7 rings (SSSR count). The average Bonchev–Trinajstić information content (AvgIpc) is 3.58. The Hall–Kier alpha value is -4.44. The molecule has 0 fully saturated rings. The van der Waals surface area contributed by atoms with Gasteiger partial charge in [0, 0.05) is 44.3 Å². The number of nitrogens with zero attached hydrogens (tertiary/aromatic N) is 2. The fourth-order valence-corrected chi connectivity index (χ4v) is 4.59. The summed E-state index contributed by atoms with van der Waals surface area (Å²) in [6.45, 7) is 0. The lowest BCUT2D eigenvalue weighted by molar-refractivity contribution is 1.38. The fraction of sp³-hybridized carbons (Fsp3) is 0. The van der Waals surface area contributed by atoms with Gasteiger partial charge in [0.25, 0.3) is 0 Å². The van der Waals surface area contributed by atoms with Gasteiger partial charge in [0.2, 0.25) is 0 Å². The zero-order valence-electron chi connectivity index (χ0n) is 17.1. The largest absolute Gasteiger partial charge is 0.355 e. The smallest absolute Gasteiger partial charge is 0.0738 e. The molecule has 0 radical (unpaired) electrons. The van der Waals surface area contributed by atoms with Crippen molar-refractivity contribution in [3.05, 3.63) is 97.1 Å². The van der Waals surface area contributed by atoms with Crippen molar-refractivity contribution >= 4 is 22.1 Å². The van der Waals surface area contributed by atoms with Gasteiger partial charge >= 0.3 is 0 Å². The summed E-state index contributed by atoms with van der Waals surface area (Å²) < 4.78 is 0. The first-order valence-electron chi connectivity index (χ1n) is 10.7. The number of rotatable bonds is 0. The van der Waals surface area contributed by atoms with E-state index >= 15 is 0 Å². The SMILES string of the molecule is c1ccc2c(c1)-c1cc3nc(cc4ccc(cc5ccc(cc-2n1)[nH]5)[nH]4)-c1ccccc1-3. The van der Waals surface area contributed by atoms with Crippen molar-refractivity contribution < 1.29 is 0 Å². The summed E-state index contributed by atoms with van der Waals surface area (Å²) in [7, 11) is 0. The maximum atomic E-state index is 5.01. The topological polar surface area (TPSA) is 57.4 Å². The van der Waals surface area contributed by atoms with Crippen molar-refractivity contribution in [2.45, 2.75) is 0 Å². The zero-order valence-corrected chi connectivity index (χ0v) is 17.1. The Morgan fingerprint density at radius 2 is 0.719 bits per heavy atom. The van der Waals surface area contributed by atoms with Gasteiger partial charge in [-0.1, -0.05) is 48.5 Å². The highest BCUT2D eigenvalue weighted by Crippen LogP contribution is 2.39. The van der Waals surface area contributed by atoms with Gasteiger partial charge in [0.1, 0.15) is 0 Å². The quantitative estimate of drug-likeness (QED) is 0.283. The lowest BCUT2D eigenvalue weighted by atomic mass is 10.0. The Kier molecular flexibility index (Phi) is 3.52. The number of hydrogen-bond donors (Lipinski definition) is 2. The van der Waals surface area contributed by atoms with Gasteiger partial charge in [0.15, 0.2) is 0 Å². The summed E-state index contributed by atoms with van der Waals surface area (Å²) in [4.78, 5) is 17.0. The molecule has 8 bridgehead atoms. The minimum Gasteiger partial charge on any atom is -0.355 e. The third kappa shape index (κ3) is 2.70. The third-order valence-corrected chi connectivity index (χ3v) is 6.07. The van der Waals surface area contributed by atoms with E-state index in [0.717, 1.165) is 67.1 Å². The molecule has 2 aliphatic rings. The van der Waals surface area contributed by atoms with Crippen molar-refractivity contribution in [1.82, 2.24) is 19.9 Å². The van der Waals surface area contributed by atoms with Gasteiger partial charge in [-0.05, 0) is 48.5 Å². The standard InChI is InChI=1S/C28H18N4/c1-3-7-23-21(5-1)25-14-19-11-9-17(29-19)13-18-10-12-20(30-18)15-26-22-6-2-4-8-24(22)28(32-26)16-27(23)31-25/h1-16,29-30H. The van der Waals surface area contributed by atoms with Crippen LogP contribution in [0.3, 0.4) is 0 Å². The molecule has 0 unspecified atom stereocenters. The molecule has 0 amide bonds. The third-order valence-electron chi connectivity index (χ3n) is 6.07. The summed E-state index contributed by atoms with van der Waals surface area (Å²) in [5, 5.41) is 0. The second kappa shape index (κ2) is 6.53. The molecule has 0 saturated heterocycles. The number of aromatic amines is 2. The number of hydrogen-bond acceptors (Lipinski definition) is 2. The van der Waals surface area contributed by atoms with Gasteiger partial charge in [-0.3, -0.25) is 0 Å². The molecule has 0 aliphatic carbocycles. The average molecular weight is 410 g/mol. The number of aromatic nitrogens is 4. The first-order chi connectivity index (χ1) is 15.8. The van der Waals surface area contributed by atoms with E-state index in [4.69, 9.17) is 9.97 Å². The molecule has 5 heterocycles. The van der Waals surface area contributed by atoms with Crippen LogP contribution in [-0.2, 0) is 0 Å². The summed E-state index contributed by atoms with van der Waals surface area (Å²) >= 11 is 0. The summed E-state index contributed by atoms with van der Waals surface area (Å²) in [6.07, 6.45) is 0. The molecule has 0 atom stereocenters. The highest BCUT2D eigenvalue weighted by atomic mass is 14.8.